The summed E-state index contributed by atoms with van der Waals surface area (Å²) in [5.41, 5.74) is 6.55. The van der Waals surface area contributed by atoms with Crippen LogP contribution in [-0.2, 0) is 4.74 Å². The number of nitrogens with two attached hydrogens (primary N) is 1. The molecule has 0 aliphatic carbocycles. The van der Waals surface area contributed by atoms with Crippen molar-refractivity contribution in [2.75, 3.05) is 18.9 Å². The van der Waals surface area contributed by atoms with Crippen molar-refractivity contribution in [1.29, 1.82) is 0 Å². The zero-order chi connectivity index (χ0) is 14.1. The monoisotopic (exact) mass is 265 g/mol. The number of anilines is 1. The number of nitrogen functional groups attached to an aromatic ring is 1. The SMILES string of the molecule is CCCCCCOC(=O)c1c(N)cccc1OCC. The van der Waals surface area contributed by atoms with Gasteiger partial charge in [0.25, 0.3) is 0 Å². The zero-order valence-corrected chi connectivity index (χ0v) is 11.8. The van der Waals surface area contributed by atoms with E-state index in [1.807, 2.05) is 6.92 Å². The van der Waals surface area contributed by atoms with Crippen molar-refractivity contribution < 1.29 is 14.3 Å². The summed E-state index contributed by atoms with van der Waals surface area (Å²) in [7, 11) is 0. The Morgan fingerprint density at radius 2 is 2.00 bits per heavy atom. The second-order valence-electron chi connectivity index (χ2n) is 4.35. The molecule has 4 nitrogen and oxygen atoms in total. The van der Waals surface area contributed by atoms with Gasteiger partial charge in [0.05, 0.1) is 13.2 Å². The van der Waals surface area contributed by atoms with Gasteiger partial charge in [0, 0.05) is 5.69 Å². The minimum absolute atomic E-state index is 0.333. The number of carbonyl (C=O) groups is 1. The fourth-order valence-corrected chi connectivity index (χ4v) is 1.81. The number of unbranched alkanes of at least 4 members (excludes halogenated alkanes) is 3. The van der Waals surface area contributed by atoms with E-state index in [-0.39, 0.29) is 0 Å². The summed E-state index contributed by atoms with van der Waals surface area (Å²) in [4.78, 5) is 12.0. The molecule has 0 aliphatic rings. The lowest BCUT2D eigenvalue weighted by Crippen LogP contribution is -2.11. The van der Waals surface area contributed by atoms with Gasteiger partial charge in [0.15, 0.2) is 0 Å². The standard InChI is InChI=1S/C15H23NO3/c1-3-5-6-7-11-19-15(17)14-12(16)9-8-10-13(14)18-4-2/h8-10H,3-7,11,16H2,1-2H3. The van der Waals surface area contributed by atoms with E-state index in [1.54, 1.807) is 18.2 Å². The number of esters is 1. The van der Waals surface area contributed by atoms with E-state index in [1.165, 1.54) is 0 Å². The molecule has 0 heterocycles. The molecule has 4 heteroatoms. The Hall–Kier alpha value is -1.71. The molecule has 0 aliphatic heterocycles. The molecule has 0 unspecified atom stereocenters. The number of hydrogen-bond acceptors (Lipinski definition) is 4. The van der Waals surface area contributed by atoms with Gasteiger partial charge in [-0.25, -0.2) is 4.79 Å². The van der Waals surface area contributed by atoms with Crippen molar-refractivity contribution in [2.24, 2.45) is 0 Å². The third kappa shape index (κ3) is 4.81. The maximum Gasteiger partial charge on any atom is 0.344 e. The Labute approximate surface area is 114 Å². The van der Waals surface area contributed by atoms with Crippen molar-refractivity contribution >= 4 is 11.7 Å². The van der Waals surface area contributed by atoms with Crippen molar-refractivity contribution in [3.63, 3.8) is 0 Å². The summed E-state index contributed by atoms with van der Waals surface area (Å²) in [5.74, 6) is 0.0825. The van der Waals surface area contributed by atoms with Crippen LogP contribution in [0.3, 0.4) is 0 Å². The van der Waals surface area contributed by atoms with E-state index in [4.69, 9.17) is 15.2 Å². The minimum Gasteiger partial charge on any atom is -0.493 e. The Bertz CT molecular complexity index is 404. The number of benzene rings is 1. The molecule has 106 valence electrons. The molecular formula is C15H23NO3. The van der Waals surface area contributed by atoms with Crippen molar-refractivity contribution in [3.05, 3.63) is 23.8 Å². The smallest absolute Gasteiger partial charge is 0.344 e. The van der Waals surface area contributed by atoms with Crippen LogP contribution in [0.4, 0.5) is 5.69 Å². The molecule has 0 saturated carbocycles. The maximum absolute atomic E-state index is 12.0. The number of rotatable bonds is 8. The van der Waals surface area contributed by atoms with Gasteiger partial charge >= 0.3 is 5.97 Å². The molecule has 2 N–H and O–H groups in total. The molecule has 0 fully saturated rings. The van der Waals surface area contributed by atoms with Crippen LogP contribution >= 0.6 is 0 Å². The summed E-state index contributed by atoms with van der Waals surface area (Å²) in [6.45, 7) is 4.92. The first-order valence-electron chi connectivity index (χ1n) is 6.89. The van der Waals surface area contributed by atoms with Gasteiger partial charge in [-0.1, -0.05) is 32.3 Å². The Morgan fingerprint density at radius 3 is 2.68 bits per heavy atom. The quantitative estimate of drug-likeness (QED) is 0.444. The predicted octanol–water partition coefficient (Wildman–Crippen LogP) is 3.40. The predicted molar refractivity (Wildman–Crippen MR) is 76.4 cm³/mol. The van der Waals surface area contributed by atoms with Gasteiger partial charge in [-0.3, -0.25) is 0 Å². The van der Waals surface area contributed by atoms with Crippen LogP contribution in [0.1, 0.15) is 49.9 Å². The number of carbonyl (C=O) groups excluding carboxylic acids is 1. The van der Waals surface area contributed by atoms with Crippen molar-refractivity contribution in [2.45, 2.75) is 39.5 Å². The summed E-state index contributed by atoms with van der Waals surface area (Å²) in [6, 6.07) is 5.17. The van der Waals surface area contributed by atoms with Crippen molar-refractivity contribution in [3.8, 4) is 5.75 Å². The molecule has 1 aromatic rings. The first-order valence-corrected chi connectivity index (χ1v) is 6.89. The third-order valence-electron chi connectivity index (χ3n) is 2.79. The van der Waals surface area contributed by atoms with E-state index < -0.39 is 5.97 Å². The average Bonchev–Trinajstić information content (AvgIpc) is 2.39. The van der Waals surface area contributed by atoms with Gasteiger partial charge in [-0.05, 0) is 25.5 Å². The van der Waals surface area contributed by atoms with Crippen LogP contribution < -0.4 is 10.5 Å². The molecule has 0 amide bonds. The molecule has 0 saturated heterocycles. The second kappa shape index (κ2) is 8.40. The topological polar surface area (TPSA) is 61.5 Å². The summed E-state index contributed by atoms with van der Waals surface area (Å²) in [6.07, 6.45) is 4.28. The van der Waals surface area contributed by atoms with E-state index in [2.05, 4.69) is 6.92 Å². The highest BCUT2D eigenvalue weighted by Crippen LogP contribution is 2.25. The lowest BCUT2D eigenvalue weighted by molar-refractivity contribution is 0.0495. The third-order valence-corrected chi connectivity index (χ3v) is 2.79. The van der Waals surface area contributed by atoms with E-state index in [0.29, 0.717) is 30.2 Å². The maximum atomic E-state index is 12.0. The van der Waals surface area contributed by atoms with E-state index in [9.17, 15) is 4.79 Å². The number of ether oxygens (including phenoxy) is 2. The van der Waals surface area contributed by atoms with Crippen LogP contribution in [0.2, 0.25) is 0 Å². The highest BCUT2D eigenvalue weighted by molar-refractivity contribution is 5.98. The lowest BCUT2D eigenvalue weighted by atomic mass is 10.1. The molecular weight excluding hydrogens is 242 g/mol. The molecule has 0 spiro atoms. The van der Waals surface area contributed by atoms with Gasteiger partial charge < -0.3 is 15.2 Å². The number of hydrogen-bond donors (Lipinski definition) is 1. The Morgan fingerprint density at radius 1 is 1.21 bits per heavy atom. The lowest BCUT2D eigenvalue weighted by Gasteiger charge is -2.12. The van der Waals surface area contributed by atoms with Gasteiger partial charge in [-0.2, -0.15) is 0 Å². The van der Waals surface area contributed by atoms with Crippen molar-refractivity contribution in [1.82, 2.24) is 0 Å². The van der Waals surface area contributed by atoms with Crippen LogP contribution in [0.15, 0.2) is 18.2 Å². The normalized spacial score (nSPS) is 10.2. The first-order chi connectivity index (χ1) is 9.20. The van der Waals surface area contributed by atoms with Crippen LogP contribution in [-0.4, -0.2) is 19.2 Å². The summed E-state index contributed by atoms with van der Waals surface area (Å²) < 4.78 is 10.6. The van der Waals surface area contributed by atoms with Gasteiger partial charge in [0.2, 0.25) is 0 Å². The molecule has 1 rings (SSSR count). The molecule has 19 heavy (non-hydrogen) atoms. The van der Waals surface area contributed by atoms with E-state index in [0.717, 1.165) is 25.7 Å². The first kappa shape index (κ1) is 15.3. The van der Waals surface area contributed by atoms with Crippen LogP contribution in [0.25, 0.3) is 0 Å². The molecule has 0 aromatic heterocycles. The van der Waals surface area contributed by atoms with Crippen LogP contribution in [0, 0.1) is 0 Å². The molecule has 0 atom stereocenters. The fraction of sp³-hybridized carbons (Fsp3) is 0.533. The average molecular weight is 265 g/mol. The molecule has 0 radical (unpaired) electrons. The fourth-order valence-electron chi connectivity index (χ4n) is 1.81. The largest absolute Gasteiger partial charge is 0.493 e. The summed E-state index contributed by atoms with van der Waals surface area (Å²) in [5, 5.41) is 0. The van der Waals surface area contributed by atoms with Gasteiger partial charge in [0.1, 0.15) is 11.3 Å². The highest BCUT2D eigenvalue weighted by atomic mass is 16.5. The minimum atomic E-state index is -0.405. The van der Waals surface area contributed by atoms with Gasteiger partial charge in [-0.15, -0.1) is 0 Å². The molecule has 1 aromatic carbocycles. The summed E-state index contributed by atoms with van der Waals surface area (Å²) >= 11 is 0. The Kier molecular flexibility index (Phi) is 6.79. The zero-order valence-electron chi connectivity index (χ0n) is 11.8. The highest BCUT2D eigenvalue weighted by Gasteiger charge is 2.17. The van der Waals surface area contributed by atoms with E-state index >= 15 is 0 Å². The molecule has 0 bridgehead atoms. The second-order valence-corrected chi connectivity index (χ2v) is 4.35. The van der Waals surface area contributed by atoms with Crippen LogP contribution in [0.5, 0.6) is 5.75 Å². The Balaban J connectivity index is 2.60.